The quantitative estimate of drug-likeness (QED) is 0.305. The maximum absolute atomic E-state index is 14.1. The fraction of sp³-hybridized carbons (Fsp3) is 0.905. The Hall–Kier alpha value is -0.930. The van der Waals surface area contributed by atoms with E-state index in [1.807, 2.05) is 0 Å². The summed E-state index contributed by atoms with van der Waals surface area (Å²) in [5, 5.41) is 0. The van der Waals surface area contributed by atoms with E-state index in [-0.39, 0.29) is 17.9 Å². The molecule has 25 heavy (non-hydrogen) atoms. The number of nitrogens with zero attached hydrogens (tertiary/aromatic N) is 1. The second-order valence-corrected chi connectivity index (χ2v) is 8.06. The fourth-order valence-corrected chi connectivity index (χ4v) is 4.33. The van der Waals surface area contributed by atoms with Gasteiger partial charge in [0.2, 0.25) is 0 Å². The van der Waals surface area contributed by atoms with Crippen molar-refractivity contribution in [2.24, 2.45) is 16.8 Å². The van der Waals surface area contributed by atoms with Crippen LogP contribution >= 0.6 is 0 Å². The number of esters is 1. The van der Waals surface area contributed by atoms with Crippen LogP contribution in [0.4, 0.5) is 4.39 Å². The van der Waals surface area contributed by atoms with Crippen LogP contribution in [0.1, 0.15) is 90.4 Å². The Morgan fingerprint density at radius 2 is 1.80 bits per heavy atom. The van der Waals surface area contributed by atoms with Gasteiger partial charge in [-0.3, -0.25) is 9.79 Å². The second-order valence-electron chi connectivity index (χ2n) is 8.06. The molecule has 144 valence electrons. The molecule has 0 bridgehead atoms. The van der Waals surface area contributed by atoms with E-state index in [2.05, 4.69) is 18.6 Å². The smallest absolute Gasteiger partial charge is 0.309 e. The molecule has 0 saturated heterocycles. The standard InChI is InChI=1S/C21H36FNO2/c1-3-4-5-6-7-8-16-9-11-17(12-10-16)21(24)25-20-14-13-18(23-2)15-19(20)22/h16-20H,2-15H2,1H3. The Bertz CT molecular complexity index is 407. The highest BCUT2D eigenvalue weighted by Gasteiger charge is 2.35. The first-order chi connectivity index (χ1) is 12.1. The Labute approximate surface area is 152 Å². The van der Waals surface area contributed by atoms with Crippen molar-refractivity contribution >= 4 is 12.7 Å². The zero-order valence-electron chi connectivity index (χ0n) is 15.9. The molecule has 2 fully saturated rings. The average molecular weight is 354 g/mol. The molecule has 0 radical (unpaired) electrons. The average Bonchev–Trinajstić information content (AvgIpc) is 2.63. The molecule has 3 nitrogen and oxygen atoms in total. The first kappa shape index (κ1) is 20.4. The van der Waals surface area contributed by atoms with Crippen molar-refractivity contribution in [3.05, 3.63) is 0 Å². The highest BCUT2D eigenvalue weighted by atomic mass is 19.1. The lowest BCUT2D eigenvalue weighted by Gasteiger charge is -2.32. The van der Waals surface area contributed by atoms with Crippen LogP contribution in [0.5, 0.6) is 0 Å². The van der Waals surface area contributed by atoms with E-state index in [0.29, 0.717) is 12.8 Å². The van der Waals surface area contributed by atoms with Crippen LogP contribution in [0.25, 0.3) is 0 Å². The topological polar surface area (TPSA) is 38.7 Å². The van der Waals surface area contributed by atoms with E-state index in [0.717, 1.165) is 38.0 Å². The molecule has 3 atom stereocenters. The third-order valence-corrected chi connectivity index (χ3v) is 6.11. The number of carbonyl (C=O) groups is 1. The highest BCUT2D eigenvalue weighted by molar-refractivity contribution is 5.72. The molecule has 0 amide bonds. The van der Waals surface area contributed by atoms with Crippen LogP contribution in [-0.2, 0) is 9.53 Å². The molecule has 2 aliphatic carbocycles. The molecule has 0 aromatic heterocycles. The van der Waals surface area contributed by atoms with E-state index in [4.69, 9.17) is 4.74 Å². The van der Waals surface area contributed by atoms with Crippen molar-refractivity contribution < 1.29 is 13.9 Å². The molecule has 2 aliphatic rings. The minimum absolute atomic E-state index is 0.0150. The monoisotopic (exact) mass is 353 g/mol. The van der Waals surface area contributed by atoms with Gasteiger partial charge in [-0.1, -0.05) is 45.4 Å². The summed E-state index contributed by atoms with van der Waals surface area (Å²) in [6.07, 6.45) is 12.1. The van der Waals surface area contributed by atoms with Gasteiger partial charge in [-0.2, -0.15) is 0 Å². The van der Waals surface area contributed by atoms with Crippen LogP contribution in [0, 0.1) is 11.8 Å². The van der Waals surface area contributed by atoms with Gasteiger partial charge in [-0.05, 0) is 51.2 Å². The van der Waals surface area contributed by atoms with Gasteiger partial charge in [0, 0.05) is 6.42 Å². The molecule has 0 aromatic rings. The molecule has 2 saturated carbocycles. The van der Waals surface area contributed by atoms with E-state index in [1.165, 1.54) is 38.5 Å². The predicted molar refractivity (Wildman–Crippen MR) is 101 cm³/mol. The summed E-state index contributed by atoms with van der Waals surface area (Å²) < 4.78 is 19.7. The Morgan fingerprint density at radius 1 is 1.08 bits per heavy atom. The van der Waals surface area contributed by atoms with Crippen LogP contribution in [0.2, 0.25) is 0 Å². The Kier molecular flexibility index (Phi) is 8.91. The molecule has 4 heteroatoms. The maximum Gasteiger partial charge on any atom is 0.309 e. The molecule has 0 N–H and O–H groups in total. The third kappa shape index (κ3) is 6.71. The number of hydrogen-bond donors (Lipinski definition) is 0. The van der Waals surface area contributed by atoms with Crippen molar-refractivity contribution in [2.45, 2.75) is 109 Å². The van der Waals surface area contributed by atoms with Gasteiger partial charge in [0.15, 0.2) is 0 Å². The summed E-state index contributed by atoms with van der Waals surface area (Å²) in [5.74, 6) is 0.589. The lowest BCUT2D eigenvalue weighted by atomic mass is 9.79. The molecule has 0 spiro atoms. The number of rotatable bonds is 9. The largest absolute Gasteiger partial charge is 0.459 e. The van der Waals surface area contributed by atoms with E-state index in [1.54, 1.807) is 0 Å². The summed E-state index contributed by atoms with van der Waals surface area (Å²) in [5.41, 5.74) is 0. The summed E-state index contributed by atoms with van der Waals surface area (Å²) in [6.45, 7) is 5.74. The van der Waals surface area contributed by atoms with Crippen molar-refractivity contribution in [3.8, 4) is 0 Å². The zero-order valence-corrected chi connectivity index (χ0v) is 15.9. The first-order valence-electron chi connectivity index (χ1n) is 10.4. The van der Waals surface area contributed by atoms with Crippen LogP contribution in [-0.4, -0.2) is 31.0 Å². The minimum Gasteiger partial charge on any atom is -0.459 e. The number of alkyl halides is 1. The SMILES string of the molecule is C=NC1CCC(OC(=O)C2CCC(CCCCCCC)CC2)C(F)C1. The van der Waals surface area contributed by atoms with Crippen LogP contribution < -0.4 is 0 Å². The van der Waals surface area contributed by atoms with Crippen LogP contribution in [0.3, 0.4) is 0 Å². The molecule has 0 heterocycles. The molecular formula is C21H36FNO2. The maximum atomic E-state index is 14.1. The van der Waals surface area contributed by atoms with Crippen molar-refractivity contribution in [2.75, 3.05) is 0 Å². The highest BCUT2D eigenvalue weighted by Crippen LogP contribution is 2.34. The summed E-state index contributed by atoms with van der Waals surface area (Å²) in [6, 6.07) is -0.0160. The normalized spacial score (nSPS) is 33.0. The van der Waals surface area contributed by atoms with Crippen molar-refractivity contribution in [3.63, 3.8) is 0 Å². The second kappa shape index (κ2) is 10.9. The minimum atomic E-state index is -1.09. The predicted octanol–water partition coefficient (Wildman–Crippen LogP) is 5.66. The van der Waals surface area contributed by atoms with Crippen molar-refractivity contribution in [1.29, 1.82) is 0 Å². The third-order valence-electron chi connectivity index (χ3n) is 6.11. The van der Waals surface area contributed by atoms with E-state index in [9.17, 15) is 9.18 Å². The van der Waals surface area contributed by atoms with Gasteiger partial charge in [-0.25, -0.2) is 4.39 Å². The zero-order chi connectivity index (χ0) is 18.1. The molecule has 0 aliphatic heterocycles. The summed E-state index contributed by atoms with van der Waals surface area (Å²) >= 11 is 0. The molecular weight excluding hydrogens is 317 g/mol. The number of hydrogen-bond acceptors (Lipinski definition) is 3. The Morgan fingerprint density at radius 3 is 2.44 bits per heavy atom. The Balaban J connectivity index is 1.63. The first-order valence-corrected chi connectivity index (χ1v) is 10.4. The fourth-order valence-electron chi connectivity index (χ4n) is 4.33. The van der Waals surface area contributed by atoms with Gasteiger partial charge < -0.3 is 4.74 Å². The van der Waals surface area contributed by atoms with Gasteiger partial charge in [0.05, 0.1) is 12.0 Å². The summed E-state index contributed by atoms with van der Waals surface area (Å²) in [7, 11) is 0. The molecule has 2 rings (SSSR count). The van der Waals surface area contributed by atoms with Gasteiger partial charge >= 0.3 is 5.97 Å². The number of ether oxygens (including phenoxy) is 1. The lowest BCUT2D eigenvalue weighted by molar-refractivity contribution is -0.161. The van der Waals surface area contributed by atoms with Crippen molar-refractivity contribution in [1.82, 2.24) is 0 Å². The van der Waals surface area contributed by atoms with Gasteiger partial charge in [0.25, 0.3) is 0 Å². The lowest BCUT2D eigenvalue weighted by Crippen LogP contribution is -2.38. The van der Waals surface area contributed by atoms with Crippen LogP contribution in [0.15, 0.2) is 4.99 Å². The number of unbranched alkanes of at least 4 members (excludes halogenated alkanes) is 4. The molecule has 3 unspecified atom stereocenters. The summed E-state index contributed by atoms with van der Waals surface area (Å²) in [4.78, 5) is 16.3. The van der Waals surface area contributed by atoms with Gasteiger partial charge in [0.1, 0.15) is 12.3 Å². The number of aliphatic imine (C=N–C) groups is 1. The van der Waals surface area contributed by atoms with Gasteiger partial charge in [-0.15, -0.1) is 0 Å². The number of carbonyl (C=O) groups excluding carboxylic acids is 1. The van der Waals surface area contributed by atoms with E-state index >= 15 is 0 Å². The number of halogens is 1. The van der Waals surface area contributed by atoms with E-state index < -0.39 is 12.3 Å². The molecule has 0 aromatic carbocycles.